The Balaban J connectivity index is 1.95. The Morgan fingerprint density at radius 2 is 2.29 bits per heavy atom. The minimum absolute atomic E-state index is 0.383. The normalized spacial score (nSPS) is 14.7. The van der Waals surface area contributed by atoms with E-state index in [1.165, 1.54) is 0 Å². The summed E-state index contributed by atoms with van der Waals surface area (Å²) in [5.41, 5.74) is -0.0252. The van der Waals surface area contributed by atoms with Crippen molar-refractivity contribution < 1.29 is 9.52 Å². The van der Waals surface area contributed by atoms with Gasteiger partial charge in [-0.25, -0.2) is 4.99 Å². The lowest BCUT2D eigenvalue weighted by Gasteiger charge is -2.24. The maximum atomic E-state index is 10.5. The molecular formula is C15H21N3O2S. The molecule has 0 fully saturated rings. The van der Waals surface area contributed by atoms with Gasteiger partial charge in [-0.1, -0.05) is 0 Å². The molecule has 0 saturated heterocycles. The lowest BCUT2D eigenvalue weighted by Crippen LogP contribution is -2.44. The van der Waals surface area contributed by atoms with Gasteiger partial charge in [0, 0.05) is 6.54 Å². The molecule has 21 heavy (non-hydrogen) atoms. The molecule has 0 radical (unpaired) electrons. The van der Waals surface area contributed by atoms with Crippen LogP contribution in [0.4, 0.5) is 0 Å². The highest BCUT2D eigenvalue weighted by Crippen LogP contribution is 2.21. The third kappa shape index (κ3) is 4.61. The second-order valence-electron chi connectivity index (χ2n) is 4.91. The highest BCUT2D eigenvalue weighted by Gasteiger charge is 2.23. The maximum absolute atomic E-state index is 10.5. The fourth-order valence-corrected chi connectivity index (χ4v) is 2.61. The molecule has 2 aromatic heterocycles. The van der Waals surface area contributed by atoms with Crippen molar-refractivity contribution >= 4 is 17.3 Å². The molecule has 0 saturated carbocycles. The predicted molar refractivity (Wildman–Crippen MR) is 85.4 cm³/mol. The monoisotopic (exact) mass is 307 g/mol. The second kappa shape index (κ2) is 7.28. The molecule has 0 aliphatic carbocycles. The van der Waals surface area contributed by atoms with Crippen LogP contribution in [-0.2, 0) is 12.1 Å². The summed E-state index contributed by atoms with van der Waals surface area (Å²) >= 11 is 1.57. The number of rotatable bonds is 6. The molecule has 0 bridgehead atoms. The van der Waals surface area contributed by atoms with Crippen LogP contribution in [0, 0.1) is 0 Å². The van der Waals surface area contributed by atoms with Crippen LogP contribution < -0.4 is 10.6 Å². The Bertz CT molecular complexity index is 548. The first-order valence-electron chi connectivity index (χ1n) is 6.91. The molecule has 114 valence electrons. The maximum Gasteiger partial charge on any atom is 0.191 e. The van der Waals surface area contributed by atoms with Crippen LogP contribution in [0.2, 0.25) is 0 Å². The average Bonchev–Trinajstić information content (AvgIpc) is 3.14. The molecule has 0 aliphatic heterocycles. The van der Waals surface area contributed by atoms with Crippen LogP contribution in [0.3, 0.4) is 0 Å². The van der Waals surface area contributed by atoms with Gasteiger partial charge in [-0.15, -0.1) is 0 Å². The summed E-state index contributed by atoms with van der Waals surface area (Å²) in [7, 11) is 0. The Morgan fingerprint density at radius 3 is 2.90 bits per heavy atom. The highest BCUT2D eigenvalue weighted by atomic mass is 32.1. The number of nitrogens with one attached hydrogen (secondary N) is 2. The van der Waals surface area contributed by atoms with Crippen molar-refractivity contribution in [2.75, 3.05) is 13.1 Å². The fraction of sp³-hybridized carbons (Fsp3) is 0.400. The van der Waals surface area contributed by atoms with Gasteiger partial charge in [0.15, 0.2) is 5.96 Å². The number of thiophene rings is 1. The van der Waals surface area contributed by atoms with E-state index >= 15 is 0 Å². The van der Waals surface area contributed by atoms with Crippen LogP contribution in [0.1, 0.15) is 25.2 Å². The zero-order valence-electron chi connectivity index (χ0n) is 12.3. The fourth-order valence-electron chi connectivity index (χ4n) is 1.83. The number of hydrogen-bond acceptors (Lipinski definition) is 4. The number of guanidine groups is 1. The molecule has 2 heterocycles. The first kappa shape index (κ1) is 15.6. The molecule has 2 rings (SSSR count). The average molecular weight is 307 g/mol. The zero-order chi connectivity index (χ0) is 15.1. The standard InChI is InChI=1S/C15H21N3O2S/c1-3-16-14(17-9-13-5-4-7-20-13)18-11-15(2,19)12-6-8-21-10-12/h4-8,10,19H,3,9,11H2,1-2H3,(H2,16,17,18). The van der Waals surface area contributed by atoms with Crippen molar-refractivity contribution in [2.24, 2.45) is 4.99 Å². The summed E-state index contributed by atoms with van der Waals surface area (Å²) in [5.74, 6) is 1.46. The first-order valence-corrected chi connectivity index (χ1v) is 7.85. The summed E-state index contributed by atoms with van der Waals surface area (Å²) in [6.07, 6.45) is 1.63. The van der Waals surface area contributed by atoms with Crippen molar-refractivity contribution in [3.63, 3.8) is 0 Å². The molecule has 6 heteroatoms. The minimum atomic E-state index is -0.930. The third-order valence-electron chi connectivity index (χ3n) is 3.06. The minimum Gasteiger partial charge on any atom is -0.467 e. The lowest BCUT2D eigenvalue weighted by molar-refractivity contribution is 0.0621. The van der Waals surface area contributed by atoms with E-state index in [2.05, 4.69) is 15.6 Å². The quantitative estimate of drug-likeness (QED) is 0.566. The number of furan rings is 1. The van der Waals surface area contributed by atoms with Gasteiger partial charge in [0.2, 0.25) is 0 Å². The predicted octanol–water partition coefficient (Wildman–Crippen LogP) is 2.30. The van der Waals surface area contributed by atoms with Crippen LogP contribution in [0.25, 0.3) is 0 Å². The molecule has 0 amide bonds. The molecule has 2 aromatic rings. The second-order valence-corrected chi connectivity index (χ2v) is 5.69. The van der Waals surface area contributed by atoms with Crippen LogP contribution in [-0.4, -0.2) is 24.2 Å². The van der Waals surface area contributed by atoms with Gasteiger partial charge in [-0.3, -0.25) is 0 Å². The van der Waals surface area contributed by atoms with E-state index < -0.39 is 5.60 Å². The van der Waals surface area contributed by atoms with Crippen molar-refractivity contribution in [2.45, 2.75) is 26.0 Å². The van der Waals surface area contributed by atoms with E-state index in [-0.39, 0.29) is 0 Å². The summed E-state index contributed by atoms with van der Waals surface area (Å²) < 4.78 is 5.26. The van der Waals surface area contributed by atoms with Gasteiger partial charge in [0.1, 0.15) is 17.9 Å². The summed E-state index contributed by atoms with van der Waals surface area (Å²) in [6, 6.07) is 5.65. The number of aliphatic imine (C=N–C) groups is 1. The Hall–Kier alpha value is -1.79. The van der Waals surface area contributed by atoms with E-state index in [0.717, 1.165) is 17.9 Å². The van der Waals surface area contributed by atoms with Crippen molar-refractivity contribution in [1.82, 2.24) is 10.6 Å². The molecule has 1 unspecified atom stereocenters. The van der Waals surface area contributed by atoms with Gasteiger partial charge in [0.05, 0.1) is 12.8 Å². The smallest absolute Gasteiger partial charge is 0.191 e. The Kier molecular flexibility index (Phi) is 5.41. The molecule has 5 nitrogen and oxygen atoms in total. The van der Waals surface area contributed by atoms with Gasteiger partial charge >= 0.3 is 0 Å². The number of nitrogens with zero attached hydrogens (tertiary/aromatic N) is 1. The van der Waals surface area contributed by atoms with Gasteiger partial charge in [0.25, 0.3) is 0 Å². The highest BCUT2D eigenvalue weighted by molar-refractivity contribution is 7.08. The van der Waals surface area contributed by atoms with Gasteiger partial charge in [-0.2, -0.15) is 11.3 Å². The molecule has 3 N–H and O–H groups in total. The van der Waals surface area contributed by atoms with Crippen LogP contribution in [0.5, 0.6) is 0 Å². The topological polar surface area (TPSA) is 69.8 Å². The van der Waals surface area contributed by atoms with Crippen LogP contribution in [0.15, 0.2) is 44.6 Å². The first-order chi connectivity index (χ1) is 10.1. The van der Waals surface area contributed by atoms with Crippen LogP contribution >= 0.6 is 11.3 Å². The van der Waals surface area contributed by atoms with Crippen molar-refractivity contribution in [3.8, 4) is 0 Å². The lowest BCUT2D eigenvalue weighted by atomic mass is 9.99. The summed E-state index contributed by atoms with van der Waals surface area (Å²) in [5, 5.41) is 20.7. The van der Waals surface area contributed by atoms with E-state index in [4.69, 9.17) is 4.42 Å². The molecule has 0 aliphatic rings. The summed E-state index contributed by atoms with van der Waals surface area (Å²) in [6.45, 7) is 5.39. The zero-order valence-corrected chi connectivity index (χ0v) is 13.1. The van der Waals surface area contributed by atoms with Crippen molar-refractivity contribution in [1.29, 1.82) is 0 Å². The number of hydrogen-bond donors (Lipinski definition) is 3. The van der Waals surface area contributed by atoms with E-state index in [9.17, 15) is 5.11 Å². The van der Waals surface area contributed by atoms with E-state index in [1.807, 2.05) is 35.9 Å². The molecule has 0 aromatic carbocycles. The molecule has 0 spiro atoms. The summed E-state index contributed by atoms with van der Waals surface area (Å²) in [4.78, 5) is 4.43. The Labute approximate surface area is 128 Å². The van der Waals surface area contributed by atoms with E-state index in [0.29, 0.717) is 19.0 Å². The SMILES string of the molecule is CCNC(=NCc1ccco1)NCC(C)(O)c1ccsc1. The van der Waals surface area contributed by atoms with Crippen molar-refractivity contribution in [3.05, 3.63) is 46.5 Å². The molecule has 1 atom stereocenters. The third-order valence-corrected chi connectivity index (χ3v) is 3.74. The van der Waals surface area contributed by atoms with Gasteiger partial charge in [-0.05, 0) is 48.4 Å². The Morgan fingerprint density at radius 1 is 1.43 bits per heavy atom. The van der Waals surface area contributed by atoms with Gasteiger partial charge < -0.3 is 20.2 Å². The van der Waals surface area contributed by atoms with E-state index in [1.54, 1.807) is 24.5 Å². The number of aliphatic hydroxyl groups is 1. The largest absolute Gasteiger partial charge is 0.467 e. The molecular weight excluding hydrogens is 286 g/mol.